The van der Waals surface area contributed by atoms with Gasteiger partial charge in [0.25, 0.3) is 0 Å². The van der Waals surface area contributed by atoms with E-state index in [4.69, 9.17) is 18.9 Å². The molecule has 218 valence electrons. The van der Waals surface area contributed by atoms with Crippen LogP contribution in [0.1, 0.15) is 34.5 Å². The number of amides is 2. The van der Waals surface area contributed by atoms with Crippen molar-refractivity contribution in [3.8, 4) is 5.69 Å². The van der Waals surface area contributed by atoms with Crippen LogP contribution in [-0.4, -0.2) is 74.9 Å². The number of anilines is 1. The average Bonchev–Trinajstić information content (AvgIpc) is 3.72. The molecule has 0 aliphatic carbocycles. The topological polar surface area (TPSA) is 159 Å². The second-order valence-corrected chi connectivity index (χ2v) is 9.61. The van der Waals surface area contributed by atoms with Crippen molar-refractivity contribution in [2.45, 2.75) is 37.9 Å². The van der Waals surface area contributed by atoms with Crippen LogP contribution in [0.25, 0.3) is 16.9 Å². The highest BCUT2D eigenvalue weighted by molar-refractivity contribution is 5.96. The molecule has 2 aromatic heterocycles. The molecule has 4 atom stereocenters. The van der Waals surface area contributed by atoms with Gasteiger partial charge in [-0.2, -0.15) is 0 Å². The predicted octanol–water partition coefficient (Wildman–Crippen LogP) is 3.19. The first-order valence-electron chi connectivity index (χ1n) is 13.3. The molecule has 0 saturated carbocycles. The zero-order valence-corrected chi connectivity index (χ0v) is 22.4. The van der Waals surface area contributed by atoms with Gasteiger partial charge in [0.05, 0.1) is 24.5 Å². The molecule has 2 amide bonds. The first-order chi connectivity index (χ1) is 20.5. The Bertz CT molecular complexity index is 1630. The highest BCUT2D eigenvalue weighted by Gasteiger charge is 2.48. The van der Waals surface area contributed by atoms with Crippen LogP contribution >= 0.6 is 0 Å². The van der Waals surface area contributed by atoms with Crippen molar-refractivity contribution < 1.29 is 38.0 Å². The number of aromatic nitrogens is 4. The number of ether oxygens (including phenoxy) is 4. The van der Waals surface area contributed by atoms with Crippen LogP contribution in [0.3, 0.4) is 0 Å². The Labute approximate surface area is 238 Å². The van der Waals surface area contributed by atoms with Gasteiger partial charge >= 0.3 is 12.0 Å². The van der Waals surface area contributed by atoms with E-state index in [0.29, 0.717) is 29.0 Å². The zero-order valence-electron chi connectivity index (χ0n) is 22.4. The maximum Gasteiger partial charge on any atom is 0.336 e. The van der Waals surface area contributed by atoms with Crippen LogP contribution < -0.4 is 10.6 Å². The maximum atomic E-state index is 14.8. The molecular weight excluding hydrogens is 551 g/mol. The summed E-state index contributed by atoms with van der Waals surface area (Å²) in [5, 5.41) is 15.0. The second-order valence-electron chi connectivity index (χ2n) is 9.61. The van der Waals surface area contributed by atoms with E-state index < -0.39 is 36.1 Å². The van der Waals surface area contributed by atoms with Gasteiger partial charge in [0.2, 0.25) is 0 Å². The number of fused-ring (bicyclic) bond motifs is 2. The predicted molar refractivity (Wildman–Crippen MR) is 145 cm³/mol. The lowest BCUT2D eigenvalue weighted by Gasteiger charge is -2.29. The molecule has 4 unspecified atom stereocenters. The SMILES string of the molecule is CCNC(=O)Nc1ncnc2c1ncn2-c1ccccc1C(OCc1c(F)cccc1C(=O)O)C1OCC2OCOC21. The summed E-state index contributed by atoms with van der Waals surface area (Å²) in [6.45, 7) is 2.26. The fourth-order valence-corrected chi connectivity index (χ4v) is 5.22. The monoisotopic (exact) mass is 578 g/mol. The number of aromatic carboxylic acids is 1. The van der Waals surface area contributed by atoms with Gasteiger partial charge in [-0.3, -0.25) is 9.88 Å². The van der Waals surface area contributed by atoms with Gasteiger partial charge in [0.15, 0.2) is 17.0 Å². The lowest BCUT2D eigenvalue weighted by atomic mass is 9.97. The van der Waals surface area contributed by atoms with Crippen molar-refractivity contribution >= 4 is 29.0 Å². The van der Waals surface area contributed by atoms with E-state index >= 15 is 0 Å². The minimum Gasteiger partial charge on any atom is -0.478 e. The van der Waals surface area contributed by atoms with Crippen LogP contribution in [-0.2, 0) is 25.6 Å². The molecule has 13 nitrogen and oxygen atoms in total. The molecule has 0 radical (unpaired) electrons. The van der Waals surface area contributed by atoms with Crippen molar-refractivity contribution in [2.24, 2.45) is 0 Å². The smallest absolute Gasteiger partial charge is 0.336 e. The van der Waals surface area contributed by atoms with Crippen LogP contribution in [0.2, 0.25) is 0 Å². The molecule has 6 rings (SSSR count). The standard InChI is InChI=1S/C28H27FN6O7/c1-2-30-28(38)34-25-21-26(32-12-31-25)35(13-33-21)19-9-4-3-6-16(19)22(24-23-20(11-40-24)41-14-42-23)39-10-17-15(27(36)37)7-5-8-18(17)29/h3-9,12-13,20,22-24H,2,10-11,14H2,1H3,(H,36,37)(H2,30,31,32,34,38). The number of imidazole rings is 1. The molecule has 14 heteroatoms. The number of nitrogens with zero attached hydrogens (tertiary/aromatic N) is 4. The van der Waals surface area contributed by atoms with Crippen molar-refractivity contribution in [1.29, 1.82) is 0 Å². The molecule has 4 aromatic rings. The van der Waals surface area contributed by atoms with Crippen molar-refractivity contribution in [1.82, 2.24) is 24.8 Å². The summed E-state index contributed by atoms with van der Waals surface area (Å²) in [6, 6.07) is 10.7. The number of carboxylic acid groups (broad SMARTS) is 1. The molecule has 0 bridgehead atoms. The third-order valence-corrected chi connectivity index (χ3v) is 7.15. The summed E-state index contributed by atoms with van der Waals surface area (Å²) in [5.74, 6) is -1.73. The Kier molecular flexibility index (Phi) is 7.75. The summed E-state index contributed by atoms with van der Waals surface area (Å²) >= 11 is 0. The number of carbonyl (C=O) groups excluding carboxylic acids is 1. The van der Waals surface area contributed by atoms with Crippen LogP contribution in [0, 0.1) is 5.82 Å². The molecule has 4 heterocycles. The van der Waals surface area contributed by atoms with Crippen molar-refractivity contribution in [3.63, 3.8) is 0 Å². The summed E-state index contributed by atoms with van der Waals surface area (Å²) in [6.07, 6.45) is 0.604. The van der Waals surface area contributed by atoms with E-state index in [0.717, 1.165) is 0 Å². The number of hydrogen-bond acceptors (Lipinski definition) is 9. The Morgan fingerprint density at radius 2 is 2.00 bits per heavy atom. The molecule has 2 aliphatic heterocycles. The summed E-state index contributed by atoms with van der Waals surface area (Å²) in [7, 11) is 0. The van der Waals surface area contributed by atoms with Gasteiger partial charge in [-0.05, 0) is 25.1 Å². The molecule has 3 N–H and O–H groups in total. The van der Waals surface area contributed by atoms with Crippen molar-refractivity contribution in [2.75, 3.05) is 25.3 Å². The molecular formula is C28H27FN6O7. The fraction of sp³-hybridized carbons (Fsp3) is 0.321. The maximum absolute atomic E-state index is 14.8. The molecule has 2 aromatic carbocycles. The highest BCUT2D eigenvalue weighted by atomic mass is 19.1. The van der Waals surface area contributed by atoms with Gasteiger partial charge in [-0.1, -0.05) is 24.3 Å². The van der Waals surface area contributed by atoms with Crippen LogP contribution in [0.4, 0.5) is 15.0 Å². The summed E-state index contributed by atoms with van der Waals surface area (Å²) in [4.78, 5) is 37.0. The zero-order chi connectivity index (χ0) is 29.2. The fourth-order valence-electron chi connectivity index (χ4n) is 5.22. The van der Waals surface area contributed by atoms with Crippen molar-refractivity contribution in [3.05, 3.63) is 77.6 Å². The van der Waals surface area contributed by atoms with Gasteiger partial charge in [-0.25, -0.2) is 28.9 Å². The van der Waals surface area contributed by atoms with Gasteiger partial charge in [0.1, 0.15) is 49.7 Å². The van der Waals surface area contributed by atoms with Gasteiger partial charge in [0, 0.05) is 17.7 Å². The Hall–Kier alpha value is -4.50. The third kappa shape index (κ3) is 5.16. The number of rotatable bonds is 9. The summed E-state index contributed by atoms with van der Waals surface area (Å²) < 4.78 is 40.4. The number of para-hydroxylation sites is 1. The number of benzene rings is 2. The Balaban J connectivity index is 1.41. The second kappa shape index (κ2) is 11.8. The van der Waals surface area contributed by atoms with Crippen LogP contribution in [0.15, 0.2) is 55.1 Å². The van der Waals surface area contributed by atoms with E-state index in [-0.39, 0.29) is 43.1 Å². The van der Waals surface area contributed by atoms with Gasteiger partial charge in [-0.15, -0.1) is 0 Å². The number of hydrogen-bond donors (Lipinski definition) is 3. The Morgan fingerprint density at radius 1 is 1.14 bits per heavy atom. The lowest BCUT2D eigenvalue weighted by molar-refractivity contribution is -0.111. The van der Waals surface area contributed by atoms with E-state index in [1.807, 2.05) is 24.3 Å². The van der Waals surface area contributed by atoms with E-state index in [2.05, 4.69) is 25.6 Å². The van der Waals surface area contributed by atoms with E-state index in [1.54, 1.807) is 17.8 Å². The van der Waals surface area contributed by atoms with Gasteiger partial charge < -0.3 is 29.4 Å². The quantitative estimate of drug-likeness (QED) is 0.269. The Morgan fingerprint density at radius 3 is 2.83 bits per heavy atom. The first kappa shape index (κ1) is 27.7. The van der Waals surface area contributed by atoms with Crippen LogP contribution in [0.5, 0.6) is 0 Å². The highest BCUT2D eigenvalue weighted by Crippen LogP contribution is 2.39. The number of halogens is 1. The molecule has 2 saturated heterocycles. The number of carbonyl (C=O) groups is 2. The largest absolute Gasteiger partial charge is 0.478 e. The van der Waals surface area contributed by atoms with E-state index in [1.165, 1.54) is 24.5 Å². The average molecular weight is 579 g/mol. The normalized spacial score (nSPS) is 20.4. The molecule has 2 fully saturated rings. The molecule has 2 aliphatic rings. The lowest BCUT2D eigenvalue weighted by Crippen LogP contribution is -2.34. The number of carboxylic acids is 1. The molecule has 42 heavy (non-hydrogen) atoms. The first-order valence-corrected chi connectivity index (χ1v) is 13.3. The number of nitrogens with one attached hydrogen (secondary N) is 2. The minimum atomic E-state index is -1.27. The van der Waals surface area contributed by atoms with E-state index in [9.17, 15) is 19.1 Å². The summed E-state index contributed by atoms with van der Waals surface area (Å²) in [5.41, 5.74) is 1.73. The minimum absolute atomic E-state index is 0.0903. The molecule has 0 spiro atoms. The third-order valence-electron chi connectivity index (χ3n) is 7.15. The number of urea groups is 1.